The Labute approximate surface area is 144 Å². The van der Waals surface area contributed by atoms with Crippen LogP contribution in [0.1, 0.15) is 38.3 Å². The zero-order valence-corrected chi connectivity index (χ0v) is 15.2. The van der Waals surface area contributed by atoms with Gasteiger partial charge < -0.3 is 15.5 Å². The van der Waals surface area contributed by atoms with Gasteiger partial charge in [0.2, 0.25) is 5.91 Å². The monoisotopic (exact) mass is 338 g/mol. The van der Waals surface area contributed by atoms with Crippen LogP contribution in [0.15, 0.2) is 29.3 Å². The van der Waals surface area contributed by atoms with Crippen molar-refractivity contribution in [3.63, 3.8) is 0 Å². The molecule has 1 aromatic carbocycles. The van der Waals surface area contributed by atoms with Gasteiger partial charge in [-0.15, -0.1) is 0 Å². The number of carbonyl (C=O) groups excluding carboxylic acids is 1. The minimum Gasteiger partial charge on any atom is -0.356 e. The third kappa shape index (κ3) is 7.37. The fraction of sp³-hybridized carbons (Fsp3) is 0.529. The van der Waals surface area contributed by atoms with Crippen molar-refractivity contribution in [2.45, 2.75) is 32.7 Å². The summed E-state index contributed by atoms with van der Waals surface area (Å²) in [6.07, 6.45) is 2.15. The average molecular weight is 339 g/mol. The predicted octanol–water partition coefficient (Wildman–Crippen LogP) is 2.82. The number of amides is 1. The highest BCUT2D eigenvalue weighted by Gasteiger charge is 2.09. The summed E-state index contributed by atoms with van der Waals surface area (Å²) in [5, 5.41) is 7.32. The maximum absolute atomic E-state index is 11.7. The van der Waals surface area contributed by atoms with Crippen molar-refractivity contribution in [2.24, 2.45) is 4.99 Å². The molecule has 5 nitrogen and oxygen atoms in total. The summed E-state index contributed by atoms with van der Waals surface area (Å²) >= 11 is 5.92. The Hall–Kier alpha value is -1.75. The molecule has 0 fully saturated rings. The molecular formula is C17H27ClN4O. The van der Waals surface area contributed by atoms with E-state index in [1.54, 1.807) is 14.1 Å². The van der Waals surface area contributed by atoms with Crippen molar-refractivity contribution in [1.82, 2.24) is 15.5 Å². The van der Waals surface area contributed by atoms with Crippen molar-refractivity contribution in [2.75, 3.05) is 27.2 Å². The lowest BCUT2D eigenvalue weighted by Gasteiger charge is -2.19. The highest BCUT2D eigenvalue weighted by atomic mass is 35.5. The van der Waals surface area contributed by atoms with Crippen LogP contribution in [0.25, 0.3) is 0 Å². The first-order valence-electron chi connectivity index (χ1n) is 7.94. The van der Waals surface area contributed by atoms with Gasteiger partial charge in [-0.2, -0.15) is 0 Å². The molecule has 1 rings (SSSR count). The van der Waals surface area contributed by atoms with Crippen molar-refractivity contribution in [1.29, 1.82) is 0 Å². The van der Waals surface area contributed by atoms with Crippen molar-refractivity contribution >= 4 is 23.5 Å². The van der Waals surface area contributed by atoms with E-state index in [2.05, 4.69) is 22.5 Å². The molecule has 23 heavy (non-hydrogen) atoms. The molecule has 0 saturated heterocycles. The molecule has 0 aliphatic rings. The molecule has 1 unspecified atom stereocenters. The summed E-state index contributed by atoms with van der Waals surface area (Å²) in [7, 11) is 3.46. The molecular weight excluding hydrogens is 312 g/mol. The number of rotatable bonds is 7. The standard InChI is InChI=1S/C17H27ClN4O/c1-5-6-11-19-17(20-12-16(23)22(3)4)21-13(2)14-7-9-15(18)10-8-14/h7-10,13H,5-6,11-12H2,1-4H3,(H2,19,20,21). The fourth-order valence-electron chi connectivity index (χ4n) is 1.86. The minimum absolute atomic E-state index is 0.0271. The maximum atomic E-state index is 11.7. The topological polar surface area (TPSA) is 56.7 Å². The first-order chi connectivity index (χ1) is 10.9. The zero-order valence-electron chi connectivity index (χ0n) is 14.4. The summed E-state index contributed by atoms with van der Waals surface area (Å²) in [5.74, 6) is 0.622. The second kappa shape index (κ2) is 10.1. The number of hydrogen-bond acceptors (Lipinski definition) is 2. The second-order valence-electron chi connectivity index (χ2n) is 5.65. The van der Waals surface area contributed by atoms with Gasteiger partial charge in [-0.05, 0) is 31.0 Å². The summed E-state index contributed by atoms with van der Waals surface area (Å²) in [6.45, 7) is 5.14. The Morgan fingerprint density at radius 1 is 1.30 bits per heavy atom. The Balaban J connectivity index is 2.72. The van der Waals surface area contributed by atoms with E-state index in [-0.39, 0.29) is 18.5 Å². The number of unbranched alkanes of at least 4 members (excludes halogenated alkanes) is 1. The lowest BCUT2D eigenvalue weighted by molar-refractivity contribution is -0.127. The fourth-order valence-corrected chi connectivity index (χ4v) is 1.99. The smallest absolute Gasteiger partial charge is 0.243 e. The van der Waals surface area contributed by atoms with Gasteiger partial charge in [-0.25, -0.2) is 4.99 Å². The second-order valence-corrected chi connectivity index (χ2v) is 6.09. The Kier molecular flexibility index (Phi) is 8.48. The van der Waals surface area contributed by atoms with Gasteiger partial charge >= 0.3 is 0 Å². The summed E-state index contributed by atoms with van der Waals surface area (Å²) in [5.41, 5.74) is 1.11. The highest BCUT2D eigenvalue weighted by molar-refractivity contribution is 6.30. The number of nitrogens with zero attached hydrogens (tertiary/aromatic N) is 2. The third-order valence-corrected chi connectivity index (χ3v) is 3.67. The van der Waals surface area contributed by atoms with Gasteiger partial charge in [0.1, 0.15) is 6.54 Å². The molecule has 0 aromatic heterocycles. The van der Waals surface area contributed by atoms with Gasteiger partial charge in [0.05, 0.1) is 6.04 Å². The SMILES string of the molecule is CCCCNC(=NCC(=O)N(C)C)NC(C)c1ccc(Cl)cc1. The molecule has 0 heterocycles. The molecule has 0 aliphatic heterocycles. The lowest BCUT2D eigenvalue weighted by Crippen LogP contribution is -2.40. The van der Waals surface area contributed by atoms with Crippen LogP contribution >= 0.6 is 11.6 Å². The number of halogens is 1. The largest absolute Gasteiger partial charge is 0.356 e. The molecule has 0 saturated carbocycles. The zero-order chi connectivity index (χ0) is 17.2. The normalized spacial score (nSPS) is 12.7. The minimum atomic E-state index is -0.0271. The predicted molar refractivity (Wildman–Crippen MR) is 96.9 cm³/mol. The Morgan fingerprint density at radius 2 is 1.96 bits per heavy atom. The Morgan fingerprint density at radius 3 is 2.52 bits per heavy atom. The number of guanidine groups is 1. The molecule has 128 valence electrons. The molecule has 2 N–H and O–H groups in total. The molecule has 1 aromatic rings. The molecule has 0 radical (unpaired) electrons. The molecule has 1 amide bonds. The number of carbonyl (C=O) groups is 1. The van der Waals surface area contributed by atoms with E-state index in [0.29, 0.717) is 11.0 Å². The van der Waals surface area contributed by atoms with E-state index in [4.69, 9.17) is 11.6 Å². The van der Waals surface area contributed by atoms with Crippen LogP contribution in [0.5, 0.6) is 0 Å². The van der Waals surface area contributed by atoms with Gasteiger partial charge in [-0.1, -0.05) is 37.1 Å². The van der Waals surface area contributed by atoms with Gasteiger partial charge in [0.15, 0.2) is 5.96 Å². The molecule has 0 aliphatic carbocycles. The van der Waals surface area contributed by atoms with Crippen LogP contribution in [-0.2, 0) is 4.79 Å². The van der Waals surface area contributed by atoms with E-state index in [1.165, 1.54) is 4.90 Å². The number of likely N-dealkylation sites (N-methyl/N-ethyl adjacent to an activating group) is 1. The summed E-state index contributed by atoms with van der Waals surface area (Å²) < 4.78 is 0. The van der Waals surface area contributed by atoms with Crippen LogP contribution < -0.4 is 10.6 Å². The third-order valence-electron chi connectivity index (χ3n) is 3.42. The van der Waals surface area contributed by atoms with Crippen LogP contribution in [0, 0.1) is 0 Å². The molecule has 0 bridgehead atoms. The highest BCUT2D eigenvalue weighted by Crippen LogP contribution is 2.15. The van der Waals surface area contributed by atoms with Crippen molar-refractivity contribution in [3.05, 3.63) is 34.9 Å². The van der Waals surface area contributed by atoms with Crippen LogP contribution in [0.3, 0.4) is 0 Å². The number of aliphatic imine (C=N–C) groups is 1. The summed E-state index contributed by atoms with van der Waals surface area (Å²) in [6, 6.07) is 7.76. The molecule has 6 heteroatoms. The van der Waals surface area contributed by atoms with E-state index < -0.39 is 0 Å². The number of hydrogen-bond donors (Lipinski definition) is 2. The van der Waals surface area contributed by atoms with Gasteiger partial charge in [-0.3, -0.25) is 4.79 Å². The first kappa shape index (κ1) is 19.3. The Bertz CT molecular complexity index is 514. The van der Waals surface area contributed by atoms with Crippen LogP contribution in [-0.4, -0.2) is 44.0 Å². The number of nitrogens with one attached hydrogen (secondary N) is 2. The van der Waals surface area contributed by atoms with E-state index >= 15 is 0 Å². The van der Waals surface area contributed by atoms with E-state index in [1.807, 2.05) is 31.2 Å². The van der Waals surface area contributed by atoms with E-state index in [0.717, 1.165) is 24.9 Å². The average Bonchev–Trinajstić information content (AvgIpc) is 2.52. The van der Waals surface area contributed by atoms with Crippen LogP contribution in [0.2, 0.25) is 5.02 Å². The maximum Gasteiger partial charge on any atom is 0.243 e. The quantitative estimate of drug-likeness (QED) is 0.456. The number of benzene rings is 1. The van der Waals surface area contributed by atoms with E-state index in [9.17, 15) is 4.79 Å². The first-order valence-corrected chi connectivity index (χ1v) is 8.32. The molecule has 0 spiro atoms. The van der Waals surface area contributed by atoms with Crippen LogP contribution in [0.4, 0.5) is 0 Å². The lowest BCUT2D eigenvalue weighted by atomic mass is 10.1. The van der Waals surface area contributed by atoms with Crippen molar-refractivity contribution in [3.8, 4) is 0 Å². The summed E-state index contributed by atoms with van der Waals surface area (Å²) in [4.78, 5) is 17.6. The van der Waals surface area contributed by atoms with Gasteiger partial charge in [0.25, 0.3) is 0 Å². The van der Waals surface area contributed by atoms with Gasteiger partial charge in [0, 0.05) is 25.7 Å². The van der Waals surface area contributed by atoms with Crippen molar-refractivity contribution < 1.29 is 4.79 Å². The molecule has 1 atom stereocenters.